The van der Waals surface area contributed by atoms with Crippen molar-refractivity contribution in [1.82, 2.24) is 9.21 Å². The van der Waals surface area contributed by atoms with Crippen LogP contribution in [0.5, 0.6) is 5.75 Å². The second-order valence-electron chi connectivity index (χ2n) is 12.0. The molecule has 0 spiro atoms. The molecule has 43 heavy (non-hydrogen) atoms. The lowest BCUT2D eigenvalue weighted by Gasteiger charge is -2.44. The highest BCUT2D eigenvalue weighted by molar-refractivity contribution is 7.89. The molecular weight excluding hydrogens is 629 g/mol. The van der Waals surface area contributed by atoms with E-state index in [4.69, 9.17) is 44.5 Å². The highest BCUT2D eigenvalue weighted by Crippen LogP contribution is 2.54. The number of nitrogens with zero attached hydrogens (tertiary/aromatic N) is 3. The number of ether oxygens (including phenoxy) is 1. The smallest absolute Gasteiger partial charge is 0.322 e. The van der Waals surface area contributed by atoms with Gasteiger partial charge in [-0.2, -0.15) is 0 Å². The monoisotopic (exact) mass is 663 g/mol. The molecule has 0 aromatic heterocycles. The molecule has 1 amide bonds. The zero-order valence-electron chi connectivity index (χ0n) is 25.5. The molecule has 0 bridgehead atoms. The van der Waals surface area contributed by atoms with Gasteiger partial charge in [-0.05, 0) is 90.9 Å². The molecule has 0 saturated carbocycles. The molecule has 2 unspecified atom stereocenters. The standard InChI is InChI=1S/C32H36Cl3N3O4S/c1-9-42-26-19-25(30(2,3)4)27(43(40,41)37(7)8)18-24(26)28-36-31(5,20-10-14-22(33)15-11-20)32(6,38(28)29(35)39)21-12-16-23(34)17-13-21/h10-19H,9H2,1-8H3. The lowest BCUT2D eigenvalue weighted by molar-refractivity contribution is 0.149. The van der Waals surface area contributed by atoms with Crippen LogP contribution in [0.2, 0.25) is 10.0 Å². The maximum atomic E-state index is 13.7. The normalized spacial score (nSPS) is 20.8. The minimum absolute atomic E-state index is 0.0846. The molecule has 3 aromatic carbocycles. The minimum atomic E-state index is -3.93. The van der Waals surface area contributed by atoms with Crippen LogP contribution in [0, 0.1) is 0 Å². The lowest BCUT2D eigenvalue weighted by Crippen LogP contribution is -2.53. The molecule has 230 valence electrons. The molecule has 0 saturated heterocycles. The zero-order chi connectivity index (χ0) is 32.1. The van der Waals surface area contributed by atoms with Gasteiger partial charge in [-0.3, -0.25) is 14.7 Å². The molecular formula is C32H36Cl3N3O4S. The Balaban J connectivity index is 2.16. The van der Waals surface area contributed by atoms with Gasteiger partial charge in [0.1, 0.15) is 22.7 Å². The number of hydrogen-bond acceptors (Lipinski definition) is 5. The van der Waals surface area contributed by atoms with Crippen LogP contribution in [0.4, 0.5) is 4.79 Å². The Hall–Kier alpha value is -2.62. The number of amides is 1. The summed E-state index contributed by atoms with van der Waals surface area (Å²) in [6.45, 7) is 11.7. The Morgan fingerprint density at radius 1 is 0.953 bits per heavy atom. The summed E-state index contributed by atoms with van der Waals surface area (Å²) in [4.78, 5) is 20.3. The number of halogens is 3. The van der Waals surface area contributed by atoms with Crippen LogP contribution in [0.3, 0.4) is 0 Å². The van der Waals surface area contributed by atoms with Crippen molar-refractivity contribution < 1.29 is 17.9 Å². The van der Waals surface area contributed by atoms with E-state index in [2.05, 4.69) is 0 Å². The highest BCUT2D eigenvalue weighted by atomic mass is 35.5. The minimum Gasteiger partial charge on any atom is -0.493 e. The van der Waals surface area contributed by atoms with Crippen LogP contribution in [-0.4, -0.2) is 49.5 Å². The molecule has 0 radical (unpaired) electrons. The molecule has 1 aliphatic rings. The Morgan fingerprint density at radius 2 is 1.47 bits per heavy atom. The molecule has 7 nitrogen and oxygen atoms in total. The van der Waals surface area contributed by atoms with Crippen LogP contribution in [0.15, 0.2) is 70.6 Å². The van der Waals surface area contributed by atoms with Gasteiger partial charge in [0.25, 0.3) is 0 Å². The Bertz CT molecular complexity index is 1680. The van der Waals surface area contributed by atoms with E-state index in [0.29, 0.717) is 39.1 Å². The fourth-order valence-electron chi connectivity index (χ4n) is 5.55. The maximum Gasteiger partial charge on any atom is 0.322 e. The van der Waals surface area contributed by atoms with Gasteiger partial charge in [-0.25, -0.2) is 12.7 Å². The number of rotatable bonds is 7. The van der Waals surface area contributed by atoms with Gasteiger partial charge in [0.2, 0.25) is 10.0 Å². The molecule has 1 aliphatic heterocycles. The van der Waals surface area contributed by atoms with Crippen molar-refractivity contribution in [2.75, 3.05) is 20.7 Å². The summed E-state index contributed by atoms with van der Waals surface area (Å²) in [5, 5.41) is 0.273. The lowest BCUT2D eigenvalue weighted by atomic mass is 9.71. The molecule has 3 aromatic rings. The maximum absolute atomic E-state index is 13.7. The predicted molar refractivity (Wildman–Crippen MR) is 174 cm³/mol. The first-order valence-corrected chi connectivity index (χ1v) is 16.3. The van der Waals surface area contributed by atoms with Gasteiger partial charge in [-0.15, -0.1) is 0 Å². The zero-order valence-corrected chi connectivity index (χ0v) is 28.6. The SMILES string of the molecule is CCOc1cc(C(C)(C)C)c(S(=O)(=O)N(C)C)cc1C1=NC(C)(c2ccc(Cl)cc2)C(C)(c2ccc(Cl)cc2)N1C(=O)Cl. The second kappa shape index (κ2) is 11.7. The third kappa shape index (κ3) is 5.69. The van der Waals surface area contributed by atoms with Crippen LogP contribution in [-0.2, 0) is 26.5 Å². The topological polar surface area (TPSA) is 79.3 Å². The van der Waals surface area contributed by atoms with E-state index in [1.165, 1.54) is 19.0 Å². The average Bonchev–Trinajstić information content (AvgIpc) is 3.17. The summed E-state index contributed by atoms with van der Waals surface area (Å²) in [7, 11) is -0.965. The van der Waals surface area contributed by atoms with Gasteiger partial charge in [0.05, 0.1) is 17.1 Å². The summed E-state index contributed by atoms with van der Waals surface area (Å²) in [6.07, 6.45) is 0. The number of carbonyl (C=O) groups is 1. The van der Waals surface area contributed by atoms with E-state index in [0.717, 1.165) is 9.87 Å². The number of carbonyl (C=O) groups excluding carboxylic acids is 1. The van der Waals surface area contributed by atoms with Gasteiger partial charge in [0.15, 0.2) is 0 Å². The summed E-state index contributed by atoms with van der Waals surface area (Å²) in [5.41, 5.74) is -0.494. The third-order valence-electron chi connectivity index (χ3n) is 8.11. The molecule has 0 aliphatic carbocycles. The number of sulfonamides is 1. The van der Waals surface area contributed by atoms with E-state index >= 15 is 0 Å². The predicted octanol–water partition coefficient (Wildman–Crippen LogP) is 8.19. The Kier molecular flexibility index (Phi) is 9.06. The summed E-state index contributed by atoms with van der Waals surface area (Å²) >= 11 is 18.9. The molecule has 2 atom stereocenters. The van der Waals surface area contributed by atoms with Crippen molar-refractivity contribution in [3.63, 3.8) is 0 Å². The first-order valence-electron chi connectivity index (χ1n) is 13.8. The van der Waals surface area contributed by atoms with E-state index in [9.17, 15) is 13.2 Å². The Labute approximate surface area is 269 Å². The quantitative estimate of drug-likeness (QED) is 0.188. The number of hydrogen-bond donors (Lipinski definition) is 0. The highest BCUT2D eigenvalue weighted by Gasteiger charge is 2.59. The van der Waals surface area contributed by atoms with Crippen molar-refractivity contribution >= 4 is 56.0 Å². The summed E-state index contributed by atoms with van der Waals surface area (Å²) in [6, 6.07) is 17.6. The first-order chi connectivity index (χ1) is 19.9. The fourth-order valence-corrected chi connectivity index (χ4v) is 7.35. The number of aliphatic imine (C=N–C) groups is 1. The molecule has 0 fully saturated rings. The van der Waals surface area contributed by atoms with E-state index in [-0.39, 0.29) is 10.7 Å². The van der Waals surface area contributed by atoms with Crippen molar-refractivity contribution in [2.45, 2.75) is 62.9 Å². The van der Waals surface area contributed by atoms with Crippen molar-refractivity contribution in [3.8, 4) is 5.75 Å². The third-order valence-corrected chi connectivity index (χ3v) is 10.6. The second-order valence-corrected chi connectivity index (χ2v) is 15.3. The van der Waals surface area contributed by atoms with E-state index < -0.39 is 31.9 Å². The number of amidine groups is 1. The van der Waals surface area contributed by atoms with Crippen molar-refractivity contribution in [1.29, 1.82) is 0 Å². The average molecular weight is 665 g/mol. The van der Waals surface area contributed by atoms with Gasteiger partial charge in [0, 0.05) is 24.1 Å². The van der Waals surface area contributed by atoms with Crippen LogP contribution < -0.4 is 4.74 Å². The Morgan fingerprint density at radius 3 is 1.91 bits per heavy atom. The fraction of sp³-hybridized carbons (Fsp3) is 0.375. The van der Waals surface area contributed by atoms with E-state index in [1.54, 1.807) is 36.4 Å². The van der Waals surface area contributed by atoms with Crippen molar-refractivity contribution in [3.05, 3.63) is 93.0 Å². The largest absolute Gasteiger partial charge is 0.493 e. The summed E-state index contributed by atoms with van der Waals surface area (Å²) in [5.74, 6) is 0.555. The van der Waals surface area contributed by atoms with Crippen LogP contribution >= 0.6 is 34.8 Å². The van der Waals surface area contributed by atoms with E-state index in [1.807, 2.05) is 65.8 Å². The van der Waals surface area contributed by atoms with Crippen LogP contribution in [0.1, 0.15) is 63.8 Å². The summed E-state index contributed by atoms with van der Waals surface area (Å²) < 4.78 is 34.7. The molecule has 1 heterocycles. The molecule has 4 rings (SSSR count). The van der Waals surface area contributed by atoms with Gasteiger partial charge >= 0.3 is 5.37 Å². The van der Waals surface area contributed by atoms with Gasteiger partial charge < -0.3 is 4.74 Å². The molecule has 0 N–H and O–H groups in total. The number of benzene rings is 3. The first kappa shape index (κ1) is 33.3. The van der Waals surface area contributed by atoms with Gasteiger partial charge in [-0.1, -0.05) is 68.2 Å². The van der Waals surface area contributed by atoms with Crippen LogP contribution in [0.25, 0.3) is 0 Å². The van der Waals surface area contributed by atoms with Crippen molar-refractivity contribution in [2.24, 2.45) is 4.99 Å². The molecule has 11 heteroatoms.